The molecule has 1 N–H and O–H groups in total. The molecule has 1 aliphatic heterocycles. The van der Waals surface area contributed by atoms with Gasteiger partial charge in [0, 0.05) is 0 Å². The number of aliphatic hydroxyl groups excluding tert-OH is 1. The highest BCUT2D eigenvalue weighted by Gasteiger charge is 2.42. The predicted molar refractivity (Wildman–Crippen MR) is 51.8 cm³/mol. The van der Waals surface area contributed by atoms with Crippen LogP contribution in [0, 0.1) is 0 Å². The molecule has 1 aliphatic rings. The molecule has 0 aliphatic carbocycles. The van der Waals surface area contributed by atoms with Crippen molar-refractivity contribution in [3.8, 4) is 0 Å². The van der Waals surface area contributed by atoms with Gasteiger partial charge in [-0.05, 0) is 6.54 Å². The van der Waals surface area contributed by atoms with Crippen molar-refractivity contribution in [1.29, 1.82) is 0 Å². The van der Waals surface area contributed by atoms with Crippen LogP contribution in [-0.4, -0.2) is 61.3 Å². The summed E-state index contributed by atoms with van der Waals surface area (Å²) in [6, 6.07) is -0.948. The van der Waals surface area contributed by atoms with Crippen LogP contribution in [0.3, 0.4) is 0 Å². The summed E-state index contributed by atoms with van der Waals surface area (Å²) in [4.78, 5) is 0.954. The monoisotopic (exact) mass is 261 g/mol. The molecule has 2 unspecified atom stereocenters. The van der Waals surface area contributed by atoms with Gasteiger partial charge in [0.2, 0.25) is 0 Å². The van der Waals surface area contributed by atoms with Gasteiger partial charge in [-0.2, -0.15) is 13.2 Å². The molecule has 0 radical (unpaired) electrons. The Morgan fingerprint density at radius 3 is 2.25 bits per heavy atom. The second-order valence-electron chi connectivity index (χ2n) is 3.89. The minimum Gasteiger partial charge on any atom is -0.390 e. The van der Waals surface area contributed by atoms with Crippen LogP contribution >= 0.6 is 0 Å². The van der Waals surface area contributed by atoms with Gasteiger partial charge in [-0.1, -0.05) is 6.92 Å². The second-order valence-corrected chi connectivity index (χ2v) is 6.04. The number of rotatable bonds is 3. The van der Waals surface area contributed by atoms with Gasteiger partial charge < -0.3 is 5.11 Å². The number of nitrogens with zero attached hydrogens (tertiary/aromatic N) is 1. The summed E-state index contributed by atoms with van der Waals surface area (Å²) in [5.41, 5.74) is 0. The summed E-state index contributed by atoms with van der Waals surface area (Å²) < 4.78 is 58.9. The number of sulfone groups is 1. The minimum atomic E-state index is -4.39. The Hall–Kier alpha value is -0.340. The molecule has 0 aromatic rings. The van der Waals surface area contributed by atoms with Gasteiger partial charge in [-0.3, -0.25) is 4.90 Å². The highest BCUT2D eigenvalue weighted by atomic mass is 32.2. The van der Waals surface area contributed by atoms with Crippen LogP contribution < -0.4 is 0 Å². The lowest BCUT2D eigenvalue weighted by atomic mass is 10.2. The molecular weight excluding hydrogens is 247 g/mol. The standard InChI is InChI=1S/C8H14F3NO3S/c1-2-12(5-8(9,10)11)6-3-16(14,15)4-7(6)13/h6-7,13H,2-5H2,1H3. The summed E-state index contributed by atoms with van der Waals surface area (Å²) in [6.45, 7) is 0.362. The molecule has 1 fully saturated rings. The Bertz CT molecular complexity index is 341. The molecule has 2 atom stereocenters. The zero-order valence-corrected chi connectivity index (χ0v) is 9.55. The smallest absolute Gasteiger partial charge is 0.390 e. The van der Waals surface area contributed by atoms with Crippen LogP contribution in [0.1, 0.15) is 6.92 Å². The first-order valence-electron chi connectivity index (χ1n) is 4.84. The lowest BCUT2D eigenvalue weighted by molar-refractivity contribution is -0.152. The van der Waals surface area contributed by atoms with E-state index in [0.29, 0.717) is 0 Å². The maximum absolute atomic E-state index is 12.2. The lowest BCUT2D eigenvalue weighted by Gasteiger charge is -2.29. The van der Waals surface area contributed by atoms with E-state index in [4.69, 9.17) is 0 Å². The summed E-state index contributed by atoms with van der Waals surface area (Å²) >= 11 is 0. The average molecular weight is 261 g/mol. The Labute approximate surface area is 92.0 Å². The summed E-state index contributed by atoms with van der Waals surface area (Å²) in [6.07, 6.45) is -5.62. The van der Waals surface area contributed by atoms with Gasteiger partial charge in [0.05, 0.1) is 30.2 Å². The first kappa shape index (κ1) is 13.7. The number of aliphatic hydroxyl groups is 1. The van der Waals surface area contributed by atoms with E-state index in [9.17, 15) is 26.7 Å². The Morgan fingerprint density at radius 2 is 1.94 bits per heavy atom. The molecule has 1 heterocycles. The van der Waals surface area contributed by atoms with Gasteiger partial charge in [0.15, 0.2) is 9.84 Å². The summed E-state index contributed by atoms with van der Waals surface area (Å²) in [5.74, 6) is -0.857. The minimum absolute atomic E-state index is 0.0523. The Kier molecular flexibility index (Phi) is 3.86. The quantitative estimate of drug-likeness (QED) is 0.778. The van der Waals surface area contributed by atoms with Crippen molar-refractivity contribution in [2.75, 3.05) is 24.6 Å². The van der Waals surface area contributed by atoms with Gasteiger partial charge in [-0.15, -0.1) is 0 Å². The van der Waals surface area contributed by atoms with E-state index in [0.717, 1.165) is 4.90 Å². The van der Waals surface area contributed by atoms with E-state index >= 15 is 0 Å². The third-order valence-electron chi connectivity index (χ3n) is 2.55. The topological polar surface area (TPSA) is 57.6 Å². The van der Waals surface area contributed by atoms with Crippen LogP contribution in [-0.2, 0) is 9.84 Å². The third kappa shape index (κ3) is 3.60. The number of hydrogen-bond donors (Lipinski definition) is 1. The second kappa shape index (κ2) is 4.50. The highest BCUT2D eigenvalue weighted by Crippen LogP contribution is 2.23. The molecule has 0 spiro atoms. The van der Waals surface area contributed by atoms with E-state index in [1.807, 2.05) is 0 Å². The molecule has 1 rings (SSSR count). The molecule has 0 bridgehead atoms. The van der Waals surface area contributed by atoms with E-state index in [1.54, 1.807) is 0 Å². The van der Waals surface area contributed by atoms with E-state index < -0.39 is 46.2 Å². The maximum atomic E-state index is 12.2. The number of alkyl halides is 3. The molecule has 16 heavy (non-hydrogen) atoms. The molecule has 96 valence electrons. The molecule has 0 amide bonds. The lowest BCUT2D eigenvalue weighted by Crippen LogP contribution is -2.47. The van der Waals surface area contributed by atoms with Crippen LogP contribution in [0.15, 0.2) is 0 Å². The summed E-state index contributed by atoms with van der Waals surface area (Å²) in [5, 5.41) is 9.43. The normalized spacial score (nSPS) is 29.9. The van der Waals surface area contributed by atoms with Crippen LogP contribution in [0.25, 0.3) is 0 Å². The average Bonchev–Trinajstić information content (AvgIpc) is 2.34. The third-order valence-corrected chi connectivity index (χ3v) is 4.25. The van der Waals surface area contributed by atoms with E-state index in [2.05, 4.69) is 0 Å². The molecule has 0 aromatic carbocycles. The van der Waals surface area contributed by atoms with Crippen LogP contribution in [0.5, 0.6) is 0 Å². The first-order chi connectivity index (χ1) is 7.14. The molecular formula is C8H14F3NO3S. The molecule has 0 aromatic heterocycles. The highest BCUT2D eigenvalue weighted by molar-refractivity contribution is 7.91. The molecule has 8 heteroatoms. The van der Waals surface area contributed by atoms with Crippen molar-refractivity contribution in [2.24, 2.45) is 0 Å². The van der Waals surface area contributed by atoms with Gasteiger partial charge in [-0.25, -0.2) is 8.42 Å². The number of likely N-dealkylation sites (N-methyl/N-ethyl adjacent to an activating group) is 1. The van der Waals surface area contributed by atoms with Crippen molar-refractivity contribution in [1.82, 2.24) is 4.90 Å². The number of hydrogen-bond acceptors (Lipinski definition) is 4. The van der Waals surface area contributed by atoms with Crippen molar-refractivity contribution in [3.63, 3.8) is 0 Å². The number of halogens is 3. The largest absolute Gasteiger partial charge is 0.401 e. The predicted octanol–water partition coefficient (Wildman–Crippen LogP) is 0.0285. The zero-order valence-electron chi connectivity index (χ0n) is 8.74. The zero-order chi connectivity index (χ0) is 12.6. The Morgan fingerprint density at radius 1 is 1.38 bits per heavy atom. The maximum Gasteiger partial charge on any atom is 0.401 e. The molecule has 0 saturated carbocycles. The van der Waals surface area contributed by atoms with E-state index in [-0.39, 0.29) is 6.54 Å². The van der Waals surface area contributed by atoms with Crippen molar-refractivity contribution >= 4 is 9.84 Å². The van der Waals surface area contributed by atoms with Crippen molar-refractivity contribution < 1.29 is 26.7 Å². The fourth-order valence-corrected chi connectivity index (χ4v) is 3.69. The van der Waals surface area contributed by atoms with Gasteiger partial charge in [0.25, 0.3) is 0 Å². The van der Waals surface area contributed by atoms with Gasteiger partial charge >= 0.3 is 6.18 Å². The SMILES string of the molecule is CCN(CC(F)(F)F)C1CS(=O)(=O)CC1O. The molecule has 4 nitrogen and oxygen atoms in total. The van der Waals surface area contributed by atoms with Gasteiger partial charge in [0.1, 0.15) is 0 Å². The summed E-state index contributed by atoms with van der Waals surface area (Å²) in [7, 11) is -3.41. The van der Waals surface area contributed by atoms with Crippen molar-refractivity contribution in [3.05, 3.63) is 0 Å². The molecule has 1 saturated heterocycles. The van der Waals surface area contributed by atoms with E-state index in [1.165, 1.54) is 6.92 Å². The fraction of sp³-hybridized carbons (Fsp3) is 1.00. The van der Waals surface area contributed by atoms with Crippen LogP contribution in [0.4, 0.5) is 13.2 Å². The first-order valence-corrected chi connectivity index (χ1v) is 6.66. The van der Waals surface area contributed by atoms with Crippen molar-refractivity contribution in [2.45, 2.75) is 25.2 Å². The fourth-order valence-electron chi connectivity index (χ4n) is 1.85. The van der Waals surface area contributed by atoms with Crippen LogP contribution in [0.2, 0.25) is 0 Å². The Balaban J connectivity index is 2.75.